The molecule has 3 unspecified atom stereocenters. The molecule has 0 saturated heterocycles. The number of H-pyrrole nitrogens is 1. The van der Waals surface area contributed by atoms with Gasteiger partial charge in [0.25, 0.3) is 0 Å². The quantitative estimate of drug-likeness (QED) is 0.235. The molecule has 1 saturated carbocycles. The zero-order valence-electron chi connectivity index (χ0n) is 17.3. The van der Waals surface area contributed by atoms with E-state index in [0.29, 0.717) is 29.8 Å². The fraction of sp³-hybridized carbons (Fsp3) is 0.364. The molecular weight excluding hydrogens is 398 g/mol. The van der Waals surface area contributed by atoms with E-state index in [1.165, 1.54) is 0 Å². The van der Waals surface area contributed by atoms with Gasteiger partial charge in [0.05, 0.1) is 6.61 Å². The zero-order chi connectivity index (χ0) is 22.4. The SMILES string of the molecule is CCOC(=O)C(CNC(=O)C1CCC1C(=O)Nc1ccc(C(=N)N)cc1)c1ccc[nH]1. The van der Waals surface area contributed by atoms with Crippen LogP contribution in [-0.4, -0.2) is 41.8 Å². The summed E-state index contributed by atoms with van der Waals surface area (Å²) in [5, 5.41) is 13.0. The maximum absolute atomic E-state index is 12.7. The van der Waals surface area contributed by atoms with Crippen LogP contribution in [0.4, 0.5) is 5.69 Å². The first-order valence-corrected chi connectivity index (χ1v) is 10.2. The van der Waals surface area contributed by atoms with Gasteiger partial charge in [0.2, 0.25) is 11.8 Å². The largest absolute Gasteiger partial charge is 0.465 e. The minimum absolute atomic E-state index is 0.0472. The van der Waals surface area contributed by atoms with Crippen LogP contribution in [0.2, 0.25) is 0 Å². The number of hydrogen-bond acceptors (Lipinski definition) is 5. The summed E-state index contributed by atoms with van der Waals surface area (Å²) in [5.41, 5.74) is 7.24. The Hall–Kier alpha value is -3.62. The van der Waals surface area contributed by atoms with Crippen LogP contribution in [-0.2, 0) is 19.1 Å². The number of carbonyl (C=O) groups is 3. The predicted molar refractivity (Wildman–Crippen MR) is 115 cm³/mol. The molecule has 2 amide bonds. The van der Waals surface area contributed by atoms with E-state index in [1.54, 1.807) is 49.5 Å². The lowest BCUT2D eigenvalue weighted by atomic mass is 9.72. The third kappa shape index (κ3) is 5.30. The van der Waals surface area contributed by atoms with E-state index < -0.39 is 23.7 Å². The minimum atomic E-state index is -0.633. The standard InChI is InChI=1S/C22H27N5O4/c1-2-31-22(30)17(18-4-3-11-25-18)12-26-20(28)15-9-10-16(15)21(29)27-14-7-5-13(6-8-14)19(23)24/h3-8,11,15-17,25H,2,9-10,12H2,1H3,(H3,23,24)(H,26,28)(H,27,29). The number of benzene rings is 1. The van der Waals surface area contributed by atoms with E-state index in [2.05, 4.69) is 15.6 Å². The van der Waals surface area contributed by atoms with E-state index in [4.69, 9.17) is 15.9 Å². The molecule has 1 heterocycles. The number of ether oxygens (including phenoxy) is 1. The molecule has 1 aliphatic carbocycles. The molecule has 6 N–H and O–H groups in total. The van der Waals surface area contributed by atoms with E-state index in [0.717, 1.165) is 0 Å². The Bertz CT molecular complexity index is 939. The molecule has 2 aromatic rings. The summed E-state index contributed by atoms with van der Waals surface area (Å²) in [5.74, 6) is -2.45. The highest BCUT2D eigenvalue weighted by molar-refractivity contribution is 5.98. The van der Waals surface area contributed by atoms with Crippen molar-refractivity contribution >= 4 is 29.3 Å². The number of aromatic nitrogens is 1. The van der Waals surface area contributed by atoms with Crippen molar-refractivity contribution in [3.63, 3.8) is 0 Å². The van der Waals surface area contributed by atoms with Crippen molar-refractivity contribution in [2.24, 2.45) is 17.6 Å². The van der Waals surface area contributed by atoms with Crippen molar-refractivity contribution in [1.29, 1.82) is 5.41 Å². The second-order valence-corrected chi connectivity index (χ2v) is 7.45. The molecule has 0 aliphatic heterocycles. The van der Waals surface area contributed by atoms with Crippen molar-refractivity contribution in [1.82, 2.24) is 10.3 Å². The molecule has 0 spiro atoms. The van der Waals surface area contributed by atoms with Gasteiger partial charge in [0.15, 0.2) is 0 Å². The predicted octanol–water partition coefficient (Wildman–Crippen LogP) is 1.73. The highest BCUT2D eigenvalue weighted by Gasteiger charge is 2.41. The molecule has 1 aromatic heterocycles. The first kappa shape index (κ1) is 22.1. The lowest BCUT2D eigenvalue weighted by molar-refractivity contribution is -0.145. The summed E-state index contributed by atoms with van der Waals surface area (Å²) in [7, 11) is 0. The summed E-state index contributed by atoms with van der Waals surface area (Å²) in [6, 6.07) is 10.2. The number of nitrogens with one attached hydrogen (secondary N) is 4. The maximum atomic E-state index is 12.7. The van der Waals surface area contributed by atoms with Gasteiger partial charge in [-0.1, -0.05) is 0 Å². The number of carbonyl (C=O) groups excluding carboxylic acids is 3. The van der Waals surface area contributed by atoms with Gasteiger partial charge in [-0.15, -0.1) is 0 Å². The van der Waals surface area contributed by atoms with Gasteiger partial charge in [-0.2, -0.15) is 0 Å². The van der Waals surface area contributed by atoms with Gasteiger partial charge in [0, 0.05) is 41.5 Å². The highest BCUT2D eigenvalue weighted by Crippen LogP contribution is 2.35. The van der Waals surface area contributed by atoms with E-state index >= 15 is 0 Å². The monoisotopic (exact) mass is 425 g/mol. The maximum Gasteiger partial charge on any atom is 0.316 e. The first-order chi connectivity index (χ1) is 14.9. The Morgan fingerprint density at radius 3 is 2.39 bits per heavy atom. The second-order valence-electron chi connectivity index (χ2n) is 7.45. The van der Waals surface area contributed by atoms with Crippen molar-refractivity contribution < 1.29 is 19.1 Å². The third-order valence-electron chi connectivity index (χ3n) is 5.46. The third-order valence-corrected chi connectivity index (χ3v) is 5.46. The normalized spacial score (nSPS) is 18.4. The van der Waals surface area contributed by atoms with Crippen LogP contribution in [0.15, 0.2) is 42.6 Å². The Morgan fingerprint density at radius 2 is 1.84 bits per heavy atom. The van der Waals surface area contributed by atoms with Crippen molar-refractivity contribution in [2.75, 3.05) is 18.5 Å². The Balaban J connectivity index is 1.56. The molecule has 1 aliphatic rings. The molecule has 1 fully saturated rings. The van der Waals surface area contributed by atoms with Crippen molar-refractivity contribution in [3.05, 3.63) is 53.9 Å². The number of amides is 2. The summed E-state index contributed by atoms with van der Waals surface area (Å²) < 4.78 is 5.11. The number of rotatable bonds is 9. The topological polar surface area (TPSA) is 150 Å². The Labute approximate surface area is 180 Å². The summed E-state index contributed by atoms with van der Waals surface area (Å²) in [4.78, 5) is 40.5. The number of amidine groups is 1. The lowest BCUT2D eigenvalue weighted by Gasteiger charge is -2.34. The Kier molecular flexibility index (Phi) is 7.07. The van der Waals surface area contributed by atoms with Crippen LogP contribution in [0.3, 0.4) is 0 Å². The van der Waals surface area contributed by atoms with Gasteiger partial charge in [-0.3, -0.25) is 19.8 Å². The first-order valence-electron chi connectivity index (χ1n) is 10.2. The fourth-order valence-electron chi connectivity index (χ4n) is 3.55. The van der Waals surface area contributed by atoms with Crippen LogP contribution in [0, 0.1) is 17.2 Å². The fourth-order valence-corrected chi connectivity index (χ4v) is 3.55. The molecule has 9 nitrogen and oxygen atoms in total. The summed E-state index contributed by atoms with van der Waals surface area (Å²) in [6.07, 6.45) is 2.94. The minimum Gasteiger partial charge on any atom is -0.465 e. The molecule has 3 atom stereocenters. The van der Waals surface area contributed by atoms with Crippen LogP contribution in [0.5, 0.6) is 0 Å². The molecule has 0 bridgehead atoms. The number of aromatic amines is 1. The van der Waals surface area contributed by atoms with Crippen LogP contribution < -0.4 is 16.4 Å². The van der Waals surface area contributed by atoms with Crippen molar-refractivity contribution in [2.45, 2.75) is 25.7 Å². The molecule has 9 heteroatoms. The number of esters is 1. The second kappa shape index (κ2) is 9.92. The van der Waals surface area contributed by atoms with E-state index in [1.807, 2.05) is 0 Å². The average Bonchev–Trinajstić information content (AvgIpc) is 3.22. The smallest absolute Gasteiger partial charge is 0.316 e. The number of hydrogen-bond donors (Lipinski definition) is 5. The molecule has 3 rings (SSSR count). The zero-order valence-corrected chi connectivity index (χ0v) is 17.3. The van der Waals surface area contributed by atoms with E-state index in [-0.39, 0.29) is 30.8 Å². The summed E-state index contributed by atoms with van der Waals surface area (Å²) in [6.45, 7) is 2.07. The Morgan fingerprint density at radius 1 is 1.16 bits per heavy atom. The van der Waals surface area contributed by atoms with Gasteiger partial charge < -0.3 is 26.1 Å². The molecule has 1 aromatic carbocycles. The van der Waals surface area contributed by atoms with Crippen molar-refractivity contribution in [3.8, 4) is 0 Å². The van der Waals surface area contributed by atoms with E-state index in [9.17, 15) is 14.4 Å². The van der Waals surface area contributed by atoms with Crippen LogP contribution in [0.25, 0.3) is 0 Å². The molecule has 164 valence electrons. The average molecular weight is 425 g/mol. The lowest BCUT2D eigenvalue weighted by Crippen LogP contribution is -2.47. The number of nitrogen functional groups attached to an aromatic ring is 1. The van der Waals surface area contributed by atoms with Gasteiger partial charge in [-0.05, 0) is 56.2 Å². The number of nitrogens with two attached hydrogens (primary N) is 1. The van der Waals surface area contributed by atoms with Crippen LogP contribution >= 0.6 is 0 Å². The molecule has 0 radical (unpaired) electrons. The summed E-state index contributed by atoms with van der Waals surface area (Å²) >= 11 is 0. The highest BCUT2D eigenvalue weighted by atomic mass is 16.5. The van der Waals surface area contributed by atoms with Crippen LogP contribution in [0.1, 0.15) is 36.9 Å². The van der Waals surface area contributed by atoms with Gasteiger partial charge in [0.1, 0.15) is 11.8 Å². The van der Waals surface area contributed by atoms with Gasteiger partial charge >= 0.3 is 5.97 Å². The number of anilines is 1. The molecule has 31 heavy (non-hydrogen) atoms. The van der Waals surface area contributed by atoms with Gasteiger partial charge in [-0.25, -0.2) is 0 Å². The molecular formula is C22H27N5O4.